The number of hydrogen-bond donors (Lipinski definition) is 2. The summed E-state index contributed by atoms with van der Waals surface area (Å²) >= 11 is 1.53. The molecule has 0 bridgehead atoms. The van der Waals surface area contributed by atoms with Crippen LogP contribution in [0.2, 0.25) is 0 Å². The van der Waals surface area contributed by atoms with Crippen molar-refractivity contribution in [3.05, 3.63) is 65.4 Å². The number of carbonyl (C=O) groups is 2. The maximum atomic E-state index is 13.8. The van der Waals surface area contributed by atoms with E-state index in [0.29, 0.717) is 59.3 Å². The smallest absolute Gasteiger partial charge is 0.260 e. The minimum absolute atomic E-state index is 0.0366. The van der Waals surface area contributed by atoms with Crippen molar-refractivity contribution in [2.24, 2.45) is 0 Å². The van der Waals surface area contributed by atoms with Crippen molar-refractivity contribution in [3.8, 4) is 11.5 Å². The van der Waals surface area contributed by atoms with Gasteiger partial charge < -0.3 is 25.0 Å². The van der Waals surface area contributed by atoms with Crippen LogP contribution in [0, 0.1) is 0 Å². The SMILES string of the molecule is CCOc1ccccc1NC(=O)C1=C(C)Nc2nc(SCC)nn2C1c1ccc(OCC(=O)N(CC)CC)cc1. The lowest BCUT2D eigenvalue weighted by Gasteiger charge is -2.29. The minimum atomic E-state index is -0.541. The van der Waals surface area contributed by atoms with E-state index in [2.05, 4.69) is 15.6 Å². The number of thioether (sulfide) groups is 1. The van der Waals surface area contributed by atoms with Crippen molar-refractivity contribution in [1.29, 1.82) is 0 Å². The molecule has 4 rings (SSSR count). The number of amides is 2. The first-order chi connectivity index (χ1) is 19.4. The molecular weight excluding hydrogens is 528 g/mol. The molecule has 2 heterocycles. The Morgan fingerprint density at radius 2 is 1.77 bits per heavy atom. The first kappa shape index (κ1) is 29.0. The Hall–Kier alpha value is -3.99. The average molecular weight is 565 g/mol. The van der Waals surface area contributed by atoms with E-state index in [0.717, 1.165) is 11.3 Å². The molecule has 0 spiro atoms. The Labute approximate surface area is 239 Å². The Kier molecular flexibility index (Phi) is 9.70. The highest BCUT2D eigenvalue weighted by atomic mass is 32.2. The van der Waals surface area contributed by atoms with E-state index in [4.69, 9.17) is 14.6 Å². The maximum Gasteiger partial charge on any atom is 0.260 e. The van der Waals surface area contributed by atoms with Gasteiger partial charge in [-0.2, -0.15) is 4.98 Å². The van der Waals surface area contributed by atoms with E-state index in [9.17, 15) is 9.59 Å². The van der Waals surface area contributed by atoms with Gasteiger partial charge in [-0.1, -0.05) is 43.0 Å². The summed E-state index contributed by atoms with van der Waals surface area (Å²) in [6.45, 7) is 11.4. The number of aromatic nitrogens is 3. The van der Waals surface area contributed by atoms with Gasteiger partial charge in [-0.05, 0) is 63.3 Å². The zero-order chi connectivity index (χ0) is 28.6. The summed E-state index contributed by atoms with van der Waals surface area (Å²) in [7, 11) is 0. The molecule has 1 aliphatic rings. The summed E-state index contributed by atoms with van der Waals surface area (Å²) in [5, 5.41) is 11.6. The number of likely N-dealkylation sites (N-methyl/N-ethyl adjacent to an activating group) is 1. The summed E-state index contributed by atoms with van der Waals surface area (Å²) in [5.74, 6) is 2.20. The average Bonchev–Trinajstić information content (AvgIpc) is 3.35. The number of nitrogens with zero attached hydrogens (tertiary/aromatic N) is 4. The van der Waals surface area contributed by atoms with Crippen LogP contribution in [0.4, 0.5) is 11.6 Å². The molecule has 1 aromatic heterocycles. The number of ether oxygens (including phenoxy) is 2. The predicted molar refractivity (Wildman–Crippen MR) is 157 cm³/mol. The second-order valence-electron chi connectivity index (χ2n) is 8.97. The second kappa shape index (κ2) is 13.4. The van der Waals surface area contributed by atoms with Gasteiger partial charge in [0.25, 0.3) is 11.8 Å². The number of hydrogen-bond acceptors (Lipinski definition) is 8. The van der Waals surface area contributed by atoms with Crippen molar-refractivity contribution in [2.45, 2.75) is 45.8 Å². The van der Waals surface area contributed by atoms with Crippen LogP contribution >= 0.6 is 11.8 Å². The molecule has 10 nitrogen and oxygen atoms in total. The van der Waals surface area contributed by atoms with Crippen molar-refractivity contribution < 1.29 is 19.1 Å². The molecule has 3 aromatic rings. The van der Waals surface area contributed by atoms with Crippen LogP contribution in [0.15, 0.2) is 65.0 Å². The van der Waals surface area contributed by atoms with Gasteiger partial charge in [0.2, 0.25) is 11.1 Å². The number of carbonyl (C=O) groups excluding carboxylic acids is 2. The summed E-state index contributed by atoms with van der Waals surface area (Å²) in [6, 6.07) is 14.2. The standard InChI is InChI=1S/C29H36N6O4S/c1-6-34(7-2)24(36)18-39-21-16-14-20(15-17-21)26-25(19(5)30-28-32-29(40-9-4)33-35(26)28)27(37)31-22-12-10-11-13-23(22)38-8-3/h10-17,26H,6-9,18H2,1-5H3,(H,31,37)(H,30,32,33). The lowest BCUT2D eigenvalue weighted by Crippen LogP contribution is -2.34. The summed E-state index contributed by atoms with van der Waals surface area (Å²) < 4.78 is 13.2. The molecule has 0 aliphatic carbocycles. The second-order valence-corrected chi connectivity index (χ2v) is 10.2. The monoisotopic (exact) mass is 564 g/mol. The zero-order valence-electron chi connectivity index (χ0n) is 23.6. The Morgan fingerprint density at radius 1 is 1.05 bits per heavy atom. The van der Waals surface area contributed by atoms with Crippen molar-refractivity contribution >= 4 is 35.2 Å². The van der Waals surface area contributed by atoms with Gasteiger partial charge in [0.1, 0.15) is 17.5 Å². The van der Waals surface area contributed by atoms with Crippen LogP contribution in [0.1, 0.15) is 46.2 Å². The number of nitrogens with one attached hydrogen (secondary N) is 2. The lowest BCUT2D eigenvalue weighted by atomic mass is 9.95. The van der Waals surface area contributed by atoms with Gasteiger partial charge in [-0.25, -0.2) is 4.68 Å². The van der Waals surface area contributed by atoms with E-state index in [-0.39, 0.29) is 18.4 Å². The quantitative estimate of drug-likeness (QED) is 0.297. The Bertz CT molecular complexity index is 1370. The Balaban J connectivity index is 1.65. The fourth-order valence-corrected chi connectivity index (χ4v) is 5.08. The van der Waals surface area contributed by atoms with E-state index in [1.807, 2.05) is 71.0 Å². The summed E-state index contributed by atoms with van der Waals surface area (Å²) in [6.07, 6.45) is 0. The maximum absolute atomic E-state index is 13.8. The molecule has 11 heteroatoms. The highest BCUT2D eigenvalue weighted by molar-refractivity contribution is 7.99. The summed E-state index contributed by atoms with van der Waals surface area (Å²) in [4.78, 5) is 32.6. The first-order valence-corrected chi connectivity index (χ1v) is 14.5. The molecule has 0 radical (unpaired) electrons. The molecular formula is C29H36N6O4S. The highest BCUT2D eigenvalue weighted by Crippen LogP contribution is 2.37. The normalized spacial score (nSPS) is 14.3. The number of fused-ring (bicyclic) bond motifs is 1. The van der Waals surface area contributed by atoms with Crippen LogP contribution in [-0.2, 0) is 9.59 Å². The van der Waals surface area contributed by atoms with Crippen LogP contribution in [0.5, 0.6) is 11.5 Å². The van der Waals surface area contributed by atoms with Crippen LogP contribution in [0.3, 0.4) is 0 Å². The predicted octanol–water partition coefficient (Wildman–Crippen LogP) is 4.96. The Morgan fingerprint density at radius 3 is 2.45 bits per heavy atom. The zero-order valence-corrected chi connectivity index (χ0v) is 24.4. The molecule has 40 heavy (non-hydrogen) atoms. The number of anilines is 2. The fourth-order valence-electron chi connectivity index (χ4n) is 4.52. The van der Waals surface area contributed by atoms with Gasteiger partial charge in [0, 0.05) is 18.8 Å². The van der Waals surface area contributed by atoms with Crippen LogP contribution in [-0.4, -0.2) is 63.5 Å². The number of benzene rings is 2. The molecule has 2 N–H and O–H groups in total. The lowest BCUT2D eigenvalue weighted by molar-refractivity contribution is -0.133. The molecule has 2 aromatic carbocycles. The van der Waals surface area contributed by atoms with Crippen molar-refractivity contribution in [3.63, 3.8) is 0 Å². The number of allylic oxidation sites excluding steroid dienone is 1. The van der Waals surface area contributed by atoms with Gasteiger partial charge in [-0.3, -0.25) is 9.59 Å². The van der Waals surface area contributed by atoms with Gasteiger partial charge in [0.05, 0.1) is 17.9 Å². The molecule has 0 saturated carbocycles. The number of para-hydroxylation sites is 2. The molecule has 0 fully saturated rings. The molecule has 212 valence electrons. The highest BCUT2D eigenvalue weighted by Gasteiger charge is 2.34. The summed E-state index contributed by atoms with van der Waals surface area (Å²) in [5.41, 5.74) is 2.59. The first-order valence-electron chi connectivity index (χ1n) is 13.5. The van der Waals surface area contributed by atoms with Gasteiger partial charge in [-0.15, -0.1) is 5.10 Å². The van der Waals surface area contributed by atoms with Gasteiger partial charge in [0.15, 0.2) is 6.61 Å². The third kappa shape index (κ3) is 6.41. The minimum Gasteiger partial charge on any atom is -0.492 e. The van der Waals surface area contributed by atoms with E-state index in [1.54, 1.807) is 21.7 Å². The third-order valence-electron chi connectivity index (χ3n) is 6.46. The van der Waals surface area contributed by atoms with E-state index < -0.39 is 6.04 Å². The van der Waals surface area contributed by atoms with E-state index >= 15 is 0 Å². The molecule has 0 saturated heterocycles. The van der Waals surface area contributed by atoms with Crippen LogP contribution < -0.4 is 20.1 Å². The number of rotatable bonds is 12. The molecule has 1 aliphatic heterocycles. The third-order valence-corrected chi connectivity index (χ3v) is 7.18. The molecule has 1 unspecified atom stereocenters. The molecule has 1 atom stereocenters. The van der Waals surface area contributed by atoms with E-state index in [1.165, 1.54) is 11.8 Å². The largest absolute Gasteiger partial charge is 0.492 e. The van der Waals surface area contributed by atoms with Gasteiger partial charge >= 0.3 is 0 Å². The fraction of sp³-hybridized carbons (Fsp3) is 0.379. The molecule has 2 amide bonds. The van der Waals surface area contributed by atoms with Crippen LogP contribution in [0.25, 0.3) is 0 Å². The van der Waals surface area contributed by atoms with Crippen molar-refractivity contribution in [2.75, 3.05) is 42.7 Å². The topological polar surface area (TPSA) is 111 Å². The van der Waals surface area contributed by atoms with Crippen molar-refractivity contribution in [1.82, 2.24) is 19.7 Å².